The van der Waals surface area contributed by atoms with E-state index in [-0.39, 0.29) is 29.1 Å². The van der Waals surface area contributed by atoms with Gasteiger partial charge in [0.2, 0.25) is 0 Å². The van der Waals surface area contributed by atoms with E-state index >= 15 is 0 Å². The van der Waals surface area contributed by atoms with Gasteiger partial charge in [-0.25, -0.2) is 18.4 Å². The number of aromatic nitrogens is 2. The first kappa shape index (κ1) is 17.3. The van der Waals surface area contributed by atoms with Crippen molar-refractivity contribution in [2.75, 3.05) is 22.1 Å². The second-order valence-corrected chi connectivity index (χ2v) is 8.51. The van der Waals surface area contributed by atoms with Gasteiger partial charge in [0.1, 0.15) is 17.8 Å². The maximum Gasteiger partial charge on any atom is 0.274 e. The quantitative estimate of drug-likeness (QED) is 0.864. The highest BCUT2D eigenvalue weighted by Crippen LogP contribution is 2.18. The first-order chi connectivity index (χ1) is 11.8. The average Bonchev–Trinajstić information content (AvgIpc) is 2.90. The number of carbonyl (C=O) groups is 1. The smallest absolute Gasteiger partial charge is 0.274 e. The summed E-state index contributed by atoms with van der Waals surface area (Å²) in [6.07, 6.45) is 1.83. The number of aryl methyl sites for hydroxylation is 2. The molecule has 2 aromatic rings. The average molecular weight is 360 g/mol. The zero-order valence-electron chi connectivity index (χ0n) is 14.1. The summed E-state index contributed by atoms with van der Waals surface area (Å²) in [4.78, 5) is 20.4. The normalized spacial score (nSPS) is 18.7. The van der Waals surface area contributed by atoms with Crippen LogP contribution < -0.4 is 10.6 Å². The van der Waals surface area contributed by atoms with Crippen LogP contribution in [0.5, 0.6) is 0 Å². The van der Waals surface area contributed by atoms with E-state index in [0.29, 0.717) is 17.9 Å². The molecule has 0 radical (unpaired) electrons. The molecule has 1 aliphatic rings. The van der Waals surface area contributed by atoms with Crippen LogP contribution in [-0.2, 0) is 9.84 Å². The van der Waals surface area contributed by atoms with Crippen molar-refractivity contribution in [3.05, 3.63) is 47.4 Å². The van der Waals surface area contributed by atoms with Crippen LogP contribution in [0.1, 0.15) is 28.0 Å². The van der Waals surface area contributed by atoms with E-state index in [2.05, 4.69) is 20.6 Å². The zero-order chi connectivity index (χ0) is 18.0. The number of amides is 1. The molecule has 0 spiro atoms. The van der Waals surface area contributed by atoms with Gasteiger partial charge >= 0.3 is 0 Å². The molecule has 1 aliphatic heterocycles. The predicted molar refractivity (Wildman–Crippen MR) is 96.6 cm³/mol. The van der Waals surface area contributed by atoms with Gasteiger partial charge in [-0.2, -0.15) is 0 Å². The Morgan fingerprint density at radius 2 is 1.96 bits per heavy atom. The molecule has 0 bridgehead atoms. The molecule has 132 valence electrons. The summed E-state index contributed by atoms with van der Waals surface area (Å²) in [6.45, 7) is 3.99. The molecule has 1 atom stereocenters. The van der Waals surface area contributed by atoms with Crippen LogP contribution in [0.2, 0.25) is 0 Å². The molecule has 7 nitrogen and oxygen atoms in total. The number of anilines is 2. The minimum absolute atomic E-state index is 0.0845. The van der Waals surface area contributed by atoms with E-state index in [9.17, 15) is 13.2 Å². The van der Waals surface area contributed by atoms with Gasteiger partial charge in [0, 0.05) is 17.8 Å². The molecule has 1 unspecified atom stereocenters. The van der Waals surface area contributed by atoms with Gasteiger partial charge in [0.05, 0.1) is 11.5 Å². The lowest BCUT2D eigenvalue weighted by atomic mass is 10.1. The third-order valence-corrected chi connectivity index (χ3v) is 6.02. The van der Waals surface area contributed by atoms with Crippen molar-refractivity contribution in [1.82, 2.24) is 9.97 Å². The molecular weight excluding hydrogens is 340 g/mol. The second kappa shape index (κ2) is 6.79. The number of carbonyl (C=O) groups excluding carboxylic acids is 1. The van der Waals surface area contributed by atoms with Crippen LogP contribution in [0, 0.1) is 13.8 Å². The van der Waals surface area contributed by atoms with E-state index in [1.165, 1.54) is 12.4 Å². The third kappa shape index (κ3) is 4.33. The highest BCUT2D eigenvalue weighted by atomic mass is 32.2. The molecule has 1 fully saturated rings. The molecule has 2 N–H and O–H groups in total. The molecule has 1 amide bonds. The number of benzene rings is 1. The summed E-state index contributed by atoms with van der Waals surface area (Å²) < 4.78 is 23.0. The molecule has 1 aromatic heterocycles. The lowest BCUT2D eigenvalue weighted by molar-refractivity contribution is 0.102. The molecule has 2 heterocycles. The summed E-state index contributed by atoms with van der Waals surface area (Å²) in [7, 11) is -2.98. The summed E-state index contributed by atoms with van der Waals surface area (Å²) in [6, 6.07) is 7.02. The van der Waals surface area contributed by atoms with Gasteiger partial charge in [-0.15, -0.1) is 0 Å². The fourth-order valence-electron chi connectivity index (χ4n) is 2.69. The predicted octanol–water partition coefficient (Wildman–Crippen LogP) is 1.94. The maximum atomic E-state index is 12.4. The summed E-state index contributed by atoms with van der Waals surface area (Å²) >= 11 is 0. The van der Waals surface area contributed by atoms with Gasteiger partial charge in [0.15, 0.2) is 9.84 Å². The van der Waals surface area contributed by atoms with Crippen molar-refractivity contribution in [2.45, 2.75) is 26.3 Å². The van der Waals surface area contributed by atoms with Crippen molar-refractivity contribution < 1.29 is 13.2 Å². The van der Waals surface area contributed by atoms with Gasteiger partial charge < -0.3 is 10.6 Å². The first-order valence-electron chi connectivity index (χ1n) is 8.00. The second-order valence-electron chi connectivity index (χ2n) is 6.29. The van der Waals surface area contributed by atoms with E-state index in [4.69, 9.17) is 0 Å². The number of sulfone groups is 1. The Morgan fingerprint density at radius 3 is 2.64 bits per heavy atom. The fourth-order valence-corrected chi connectivity index (χ4v) is 4.37. The van der Waals surface area contributed by atoms with E-state index in [1.807, 2.05) is 32.0 Å². The molecule has 1 saturated heterocycles. The van der Waals surface area contributed by atoms with Gasteiger partial charge in [-0.3, -0.25) is 4.79 Å². The standard InChI is InChI=1S/C17H20N4O3S/c1-11-3-4-13(7-12(11)2)21-17(22)15-8-16(19-10-18-15)20-14-5-6-25(23,24)9-14/h3-4,7-8,10,14H,5-6,9H2,1-2H3,(H,21,22)(H,18,19,20). The van der Waals surface area contributed by atoms with E-state index in [0.717, 1.165) is 11.1 Å². The zero-order valence-corrected chi connectivity index (χ0v) is 14.9. The Kier molecular flexibility index (Phi) is 4.71. The van der Waals surface area contributed by atoms with E-state index < -0.39 is 9.84 Å². The molecule has 1 aromatic carbocycles. The first-order valence-corrected chi connectivity index (χ1v) is 9.82. The SMILES string of the molecule is Cc1ccc(NC(=O)c2cc(NC3CCS(=O)(=O)C3)ncn2)cc1C. The monoisotopic (exact) mass is 360 g/mol. The Morgan fingerprint density at radius 1 is 1.16 bits per heavy atom. The van der Waals surface area contributed by atoms with Gasteiger partial charge in [0.25, 0.3) is 5.91 Å². The molecule has 25 heavy (non-hydrogen) atoms. The number of nitrogens with zero attached hydrogens (tertiary/aromatic N) is 2. The highest BCUT2D eigenvalue weighted by Gasteiger charge is 2.28. The van der Waals surface area contributed by atoms with Crippen LogP contribution in [-0.4, -0.2) is 41.8 Å². The van der Waals surface area contributed by atoms with Crippen molar-refractivity contribution in [3.63, 3.8) is 0 Å². The Balaban J connectivity index is 1.70. The molecule has 0 aliphatic carbocycles. The summed E-state index contributed by atoms with van der Waals surface area (Å²) in [5.74, 6) is 0.368. The fraction of sp³-hybridized carbons (Fsp3) is 0.353. The van der Waals surface area contributed by atoms with E-state index in [1.54, 1.807) is 0 Å². The maximum absolute atomic E-state index is 12.4. The number of hydrogen-bond acceptors (Lipinski definition) is 6. The van der Waals surface area contributed by atoms with Crippen LogP contribution >= 0.6 is 0 Å². The third-order valence-electron chi connectivity index (χ3n) is 4.25. The van der Waals surface area contributed by atoms with Crippen molar-refractivity contribution in [2.24, 2.45) is 0 Å². The Labute approximate surface area is 146 Å². The van der Waals surface area contributed by atoms with Crippen molar-refractivity contribution in [3.8, 4) is 0 Å². The molecule has 8 heteroatoms. The Bertz CT molecular complexity index is 912. The largest absolute Gasteiger partial charge is 0.366 e. The Hall–Kier alpha value is -2.48. The van der Waals surface area contributed by atoms with Crippen LogP contribution in [0.15, 0.2) is 30.6 Å². The number of rotatable bonds is 4. The topological polar surface area (TPSA) is 101 Å². The van der Waals surface area contributed by atoms with Gasteiger partial charge in [-0.05, 0) is 43.5 Å². The van der Waals surface area contributed by atoms with Crippen LogP contribution in [0.4, 0.5) is 11.5 Å². The lowest BCUT2D eigenvalue weighted by Crippen LogP contribution is -2.22. The highest BCUT2D eigenvalue weighted by molar-refractivity contribution is 7.91. The van der Waals surface area contributed by atoms with Crippen molar-refractivity contribution in [1.29, 1.82) is 0 Å². The van der Waals surface area contributed by atoms with Crippen LogP contribution in [0.3, 0.4) is 0 Å². The van der Waals surface area contributed by atoms with Gasteiger partial charge in [-0.1, -0.05) is 6.07 Å². The minimum Gasteiger partial charge on any atom is -0.366 e. The minimum atomic E-state index is -2.98. The molecular formula is C17H20N4O3S. The lowest BCUT2D eigenvalue weighted by Gasteiger charge is -2.12. The molecule has 0 saturated carbocycles. The number of nitrogens with one attached hydrogen (secondary N) is 2. The summed E-state index contributed by atoms with van der Waals surface area (Å²) in [5.41, 5.74) is 3.16. The van der Waals surface area contributed by atoms with Crippen molar-refractivity contribution >= 4 is 27.2 Å². The van der Waals surface area contributed by atoms with Crippen LogP contribution in [0.25, 0.3) is 0 Å². The summed E-state index contributed by atoms with van der Waals surface area (Å²) in [5, 5.41) is 5.87. The number of hydrogen-bond donors (Lipinski definition) is 2. The molecule has 3 rings (SSSR count).